The highest BCUT2D eigenvalue weighted by atomic mass is 16.1. The predicted molar refractivity (Wildman–Crippen MR) is 73.9 cm³/mol. The van der Waals surface area contributed by atoms with Crippen molar-refractivity contribution in [2.75, 3.05) is 0 Å². The molecule has 0 unspecified atom stereocenters. The Balaban J connectivity index is 2.03. The normalized spacial score (nSPS) is 15.2. The summed E-state index contributed by atoms with van der Waals surface area (Å²) in [6.07, 6.45) is 2.48. The SMILES string of the molecule is Cc1ccc2cc(CNC3CC3)c(=O)[nH]c2c1C. The number of H-pyrrole nitrogens is 1. The zero-order chi connectivity index (χ0) is 12.7. The van der Waals surface area contributed by atoms with Gasteiger partial charge in [0.15, 0.2) is 0 Å². The van der Waals surface area contributed by atoms with Gasteiger partial charge in [0.25, 0.3) is 5.56 Å². The Morgan fingerprint density at radius 3 is 2.83 bits per heavy atom. The molecular formula is C15H18N2O. The van der Waals surface area contributed by atoms with Crippen LogP contribution in [0, 0.1) is 13.8 Å². The third-order valence-electron chi connectivity index (χ3n) is 3.79. The lowest BCUT2D eigenvalue weighted by molar-refractivity contribution is 0.683. The minimum Gasteiger partial charge on any atom is -0.321 e. The Morgan fingerprint density at radius 1 is 1.33 bits per heavy atom. The highest BCUT2D eigenvalue weighted by molar-refractivity contribution is 5.83. The lowest BCUT2D eigenvalue weighted by atomic mass is 10.0. The van der Waals surface area contributed by atoms with Crippen molar-refractivity contribution in [3.8, 4) is 0 Å². The highest BCUT2D eigenvalue weighted by Gasteiger charge is 2.20. The average molecular weight is 242 g/mol. The van der Waals surface area contributed by atoms with Gasteiger partial charge in [-0.05, 0) is 49.3 Å². The summed E-state index contributed by atoms with van der Waals surface area (Å²) in [4.78, 5) is 15.1. The molecule has 2 N–H and O–H groups in total. The maximum Gasteiger partial charge on any atom is 0.252 e. The summed E-state index contributed by atoms with van der Waals surface area (Å²) in [6.45, 7) is 4.79. The van der Waals surface area contributed by atoms with Gasteiger partial charge in [0, 0.05) is 18.2 Å². The molecule has 1 aromatic heterocycles. The summed E-state index contributed by atoms with van der Waals surface area (Å²) < 4.78 is 0. The summed E-state index contributed by atoms with van der Waals surface area (Å²) >= 11 is 0. The second-order valence-electron chi connectivity index (χ2n) is 5.25. The van der Waals surface area contributed by atoms with Gasteiger partial charge < -0.3 is 10.3 Å². The molecule has 1 aliphatic carbocycles. The Bertz CT molecular complexity index is 653. The van der Waals surface area contributed by atoms with Crippen molar-refractivity contribution in [1.29, 1.82) is 0 Å². The van der Waals surface area contributed by atoms with Crippen molar-refractivity contribution >= 4 is 10.9 Å². The van der Waals surface area contributed by atoms with E-state index in [1.165, 1.54) is 18.4 Å². The van der Waals surface area contributed by atoms with Crippen LogP contribution in [-0.2, 0) is 6.54 Å². The number of aromatic amines is 1. The van der Waals surface area contributed by atoms with Gasteiger partial charge in [-0.25, -0.2) is 0 Å². The number of nitrogens with one attached hydrogen (secondary N) is 2. The molecule has 3 rings (SSSR count). The molecule has 0 amide bonds. The van der Waals surface area contributed by atoms with E-state index in [1.54, 1.807) is 0 Å². The standard InChI is InChI=1S/C15H18N2O/c1-9-3-4-11-7-12(8-16-13-5-6-13)15(18)17-14(11)10(9)2/h3-4,7,13,16H,5-6,8H2,1-2H3,(H,17,18). The molecule has 0 aliphatic heterocycles. The summed E-state index contributed by atoms with van der Waals surface area (Å²) in [5.41, 5.74) is 4.20. The minimum atomic E-state index is 0.0318. The molecule has 3 heteroatoms. The van der Waals surface area contributed by atoms with Gasteiger partial charge in [-0.15, -0.1) is 0 Å². The summed E-state index contributed by atoms with van der Waals surface area (Å²) in [6, 6.07) is 6.82. The second-order valence-corrected chi connectivity index (χ2v) is 5.25. The summed E-state index contributed by atoms with van der Waals surface area (Å²) in [5.74, 6) is 0. The van der Waals surface area contributed by atoms with E-state index in [9.17, 15) is 4.79 Å². The molecule has 1 aromatic carbocycles. The molecule has 2 aromatic rings. The Hall–Kier alpha value is -1.61. The largest absolute Gasteiger partial charge is 0.321 e. The van der Waals surface area contributed by atoms with Gasteiger partial charge in [-0.2, -0.15) is 0 Å². The van der Waals surface area contributed by atoms with E-state index >= 15 is 0 Å². The van der Waals surface area contributed by atoms with Gasteiger partial charge >= 0.3 is 0 Å². The van der Waals surface area contributed by atoms with E-state index < -0.39 is 0 Å². The van der Waals surface area contributed by atoms with Crippen LogP contribution in [0.25, 0.3) is 10.9 Å². The Kier molecular flexibility index (Phi) is 2.71. The Morgan fingerprint density at radius 2 is 2.11 bits per heavy atom. The van der Waals surface area contributed by atoms with Gasteiger partial charge in [0.2, 0.25) is 0 Å². The topological polar surface area (TPSA) is 44.9 Å². The first-order chi connectivity index (χ1) is 8.65. The van der Waals surface area contributed by atoms with E-state index in [1.807, 2.05) is 6.07 Å². The molecule has 0 bridgehead atoms. The zero-order valence-corrected chi connectivity index (χ0v) is 10.8. The van der Waals surface area contributed by atoms with Crippen LogP contribution >= 0.6 is 0 Å². The van der Waals surface area contributed by atoms with Gasteiger partial charge in [0.1, 0.15) is 0 Å². The first-order valence-corrected chi connectivity index (χ1v) is 6.50. The fourth-order valence-corrected chi connectivity index (χ4v) is 2.24. The van der Waals surface area contributed by atoms with Crippen LogP contribution in [-0.4, -0.2) is 11.0 Å². The van der Waals surface area contributed by atoms with E-state index in [0.717, 1.165) is 22.0 Å². The van der Waals surface area contributed by atoms with Crippen LogP contribution in [0.5, 0.6) is 0 Å². The van der Waals surface area contributed by atoms with Gasteiger partial charge in [-0.1, -0.05) is 12.1 Å². The molecular weight excluding hydrogens is 224 g/mol. The number of aromatic nitrogens is 1. The molecule has 0 spiro atoms. The molecule has 18 heavy (non-hydrogen) atoms. The van der Waals surface area contributed by atoms with Crippen molar-refractivity contribution in [1.82, 2.24) is 10.3 Å². The second kappa shape index (κ2) is 4.25. The first kappa shape index (κ1) is 11.5. The average Bonchev–Trinajstić information content (AvgIpc) is 3.16. The molecule has 1 saturated carbocycles. The van der Waals surface area contributed by atoms with Crippen molar-refractivity contribution in [2.45, 2.75) is 39.3 Å². The quantitative estimate of drug-likeness (QED) is 0.868. The molecule has 0 radical (unpaired) electrons. The van der Waals surface area contributed by atoms with E-state index in [2.05, 4.69) is 36.3 Å². The fourth-order valence-electron chi connectivity index (χ4n) is 2.24. The van der Waals surface area contributed by atoms with Crippen LogP contribution in [0.3, 0.4) is 0 Å². The lowest BCUT2D eigenvalue weighted by Crippen LogP contribution is -2.22. The molecule has 1 heterocycles. The van der Waals surface area contributed by atoms with Gasteiger partial charge in [0.05, 0.1) is 5.52 Å². The molecule has 3 nitrogen and oxygen atoms in total. The van der Waals surface area contributed by atoms with Crippen molar-refractivity contribution in [2.24, 2.45) is 0 Å². The molecule has 1 fully saturated rings. The fraction of sp³-hybridized carbons (Fsp3) is 0.400. The van der Waals surface area contributed by atoms with Crippen LogP contribution in [0.15, 0.2) is 23.0 Å². The smallest absolute Gasteiger partial charge is 0.252 e. The molecule has 94 valence electrons. The highest BCUT2D eigenvalue weighted by Crippen LogP contribution is 2.21. The number of rotatable bonds is 3. The minimum absolute atomic E-state index is 0.0318. The van der Waals surface area contributed by atoms with Crippen molar-refractivity contribution < 1.29 is 0 Å². The lowest BCUT2D eigenvalue weighted by Gasteiger charge is -2.08. The van der Waals surface area contributed by atoms with Crippen LogP contribution < -0.4 is 10.9 Å². The molecule has 0 atom stereocenters. The summed E-state index contributed by atoms with van der Waals surface area (Å²) in [5, 5.41) is 4.50. The maximum absolute atomic E-state index is 12.0. The van der Waals surface area contributed by atoms with Crippen LogP contribution in [0.2, 0.25) is 0 Å². The molecule has 1 aliphatic rings. The Labute approximate surface area is 106 Å². The van der Waals surface area contributed by atoms with Crippen LogP contribution in [0.1, 0.15) is 29.5 Å². The number of hydrogen-bond donors (Lipinski definition) is 2. The number of aryl methyl sites for hydroxylation is 2. The third kappa shape index (κ3) is 2.06. The monoisotopic (exact) mass is 242 g/mol. The molecule has 0 saturated heterocycles. The number of fused-ring (bicyclic) bond motifs is 1. The van der Waals surface area contributed by atoms with Gasteiger partial charge in [-0.3, -0.25) is 4.79 Å². The predicted octanol–water partition coefficient (Wildman–Crippen LogP) is 2.40. The van der Waals surface area contributed by atoms with Crippen molar-refractivity contribution in [3.05, 3.63) is 45.2 Å². The third-order valence-corrected chi connectivity index (χ3v) is 3.79. The number of pyridine rings is 1. The number of hydrogen-bond acceptors (Lipinski definition) is 2. The van der Waals surface area contributed by atoms with E-state index in [4.69, 9.17) is 0 Å². The van der Waals surface area contributed by atoms with E-state index in [-0.39, 0.29) is 5.56 Å². The first-order valence-electron chi connectivity index (χ1n) is 6.50. The van der Waals surface area contributed by atoms with Crippen LogP contribution in [0.4, 0.5) is 0 Å². The maximum atomic E-state index is 12.0. The van der Waals surface area contributed by atoms with E-state index in [0.29, 0.717) is 12.6 Å². The summed E-state index contributed by atoms with van der Waals surface area (Å²) in [7, 11) is 0. The van der Waals surface area contributed by atoms with Crippen molar-refractivity contribution in [3.63, 3.8) is 0 Å². The zero-order valence-electron chi connectivity index (χ0n) is 10.8. The number of benzene rings is 1.